The van der Waals surface area contributed by atoms with Crippen molar-refractivity contribution in [2.24, 2.45) is 0 Å². The van der Waals surface area contributed by atoms with E-state index >= 15 is 0 Å². The molecule has 1 saturated carbocycles. The van der Waals surface area contributed by atoms with E-state index in [1.54, 1.807) is 11.0 Å². The van der Waals surface area contributed by atoms with Crippen molar-refractivity contribution in [1.29, 1.82) is 0 Å². The van der Waals surface area contributed by atoms with E-state index in [0.717, 1.165) is 24.1 Å². The number of carbonyl (C=O) groups excluding carboxylic acids is 1. The highest BCUT2D eigenvalue weighted by Gasteiger charge is 2.33. The molecule has 0 unspecified atom stereocenters. The first-order chi connectivity index (χ1) is 11.8. The van der Waals surface area contributed by atoms with Crippen LogP contribution in [0.4, 0.5) is 0 Å². The van der Waals surface area contributed by atoms with Crippen molar-refractivity contribution in [2.75, 3.05) is 0 Å². The number of rotatable bonds is 5. The van der Waals surface area contributed by atoms with Crippen LogP contribution in [0, 0.1) is 0 Å². The first-order valence-electron chi connectivity index (χ1n) is 8.11. The smallest absolute Gasteiger partial charge is 0.254 e. The number of hydrogen-bond acceptors (Lipinski definition) is 3. The Morgan fingerprint density at radius 3 is 2.46 bits per heavy atom. The summed E-state index contributed by atoms with van der Waals surface area (Å²) in [5.74, 6) is 0.0893. The van der Waals surface area contributed by atoms with Gasteiger partial charge in [0.05, 0.1) is 5.69 Å². The zero-order valence-electron chi connectivity index (χ0n) is 13.2. The average molecular weight is 318 g/mol. The summed E-state index contributed by atoms with van der Waals surface area (Å²) in [6.45, 7) is 0.662. The van der Waals surface area contributed by atoms with Gasteiger partial charge in [0.2, 0.25) is 0 Å². The Kier molecular flexibility index (Phi) is 3.83. The van der Waals surface area contributed by atoms with E-state index in [0.29, 0.717) is 18.2 Å². The van der Waals surface area contributed by atoms with E-state index in [1.165, 1.54) is 6.33 Å². The topological polar surface area (TPSA) is 51.0 Å². The monoisotopic (exact) mass is 318 g/mol. The summed E-state index contributed by atoms with van der Waals surface area (Å²) in [7, 11) is 0. The van der Waals surface area contributed by atoms with Gasteiger partial charge in [-0.25, -0.2) is 9.67 Å². The molecular weight excluding hydrogens is 300 g/mol. The molecular formula is C19H18N4O. The lowest BCUT2D eigenvalue weighted by atomic mass is 10.1. The zero-order valence-corrected chi connectivity index (χ0v) is 13.2. The summed E-state index contributed by atoms with van der Waals surface area (Å²) >= 11 is 0. The van der Waals surface area contributed by atoms with Gasteiger partial charge in [0.25, 0.3) is 5.91 Å². The first kappa shape index (κ1) is 14.6. The average Bonchev–Trinajstić information content (AvgIpc) is 3.33. The van der Waals surface area contributed by atoms with Gasteiger partial charge in [-0.05, 0) is 42.7 Å². The van der Waals surface area contributed by atoms with E-state index in [2.05, 4.69) is 22.2 Å². The van der Waals surface area contributed by atoms with Crippen LogP contribution >= 0.6 is 0 Å². The highest BCUT2D eigenvalue weighted by Crippen LogP contribution is 2.30. The fourth-order valence-corrected chi connectivity index (χ4v) is 2.80. The molecule has 2 aromatic carbocycles. The summed E-state index contributed by atoms with van der Waals surface area (Å²) < 4.78 is 1.68. The van der Waals surface area contributed by atoms with Crippen LogP contribution in [-0.4, -0.2) is 31.6 Å². The molecule has 1 aliphatic carbocycles. The minimum Gasteiger partial charge on any atom is -0.331 e. The molecule has 3 aromatic rings. The third-order valence-electron chi connectivity index (χ3n) is 4.24. The molecule has 5 nitrogen and oxygen atoms in total. The van der Waals surface area contributed by atoms with Crippen molar-refractivity contribution in [3.05, 3.63) is 78.4 Å². The SMILES string of the molecule is O=C(c1ccc(-n2cncn2)cc1)N(Cc1ccccc1)C1CC1. The normalized spacial score (nSPS) is 13.7. The van der Waals surface area contributed by atoms with E-state index in [9.17, 15) is 4.79 Å². The van der Waals surface area contributed by atoms with Gasteiger partial charge in [0.15, 0.2) is 0 Å². The van der Waals surface area contributed by atoms with Gasteiger partial charge < -0.3 is 4.90 Å². The number of nitrogens with zero attached hydrogens (tertiary/aromatic N) is 4. The maximum atomic E-state index is 12.9. The zero-order chi connectivity index (χ0) is 16.4. The maximum Gasteiger partial charge on any atom is 0.254 e. The Bertz CT molecular complexity index is 808. The first-order valence-corrected chi connectivity index (χ1v) is 8.11. The van der Waals surface area contributed by atoms with Crippen LogP contribution in [0.1, 0.15) is 28.8 Å². The Morgan fingerprint density at radius 1 is 1.08 bits per heavy atom. The van der Waals surface area contributed by atoms with E-state index < -0.39 is 0 Å². The minimum atomic E-state index is 0.0893. The van der Waals surface area contributed by atoms with Crippen LogP contribution in [0.15, 0.2) is 67.3 Å². The van der Waals surface area contributed by atoms with Gasteiger partial charge in [-0.2, -0.15) is 5.10 Å². The van der Waals surface area contributed by atoms with Crippen molar-refractivity contribution in [3.8, 4) is 5.69 Å². The van der Waals surface area contributed by atoms with Crippen LogP contribution in [0.5, 0.6) is 0 Å². The van der Waals surface area contributed by atoms with Gasteiger partial charge in [0.1, 0.15) is 12.7 Å². The second-order valence-electron chi connectivity index (χ2n) is 6.04. The second kappa shape index (κ2) is 6.28. The number of amides is 1. The van der Waals surface area contributed by atoms with Crippen molar-refractivity contribution in [3.63, 3.8) is 0 Å². The van der Waals surface area contributed by atoms with Crippen molar-refractivity contribution in [2.45, 2.75) is 25.4 Å². The Labute approximate surface area is 140 Å². The van der Waals surface area contributed by atoms with Crippen molar-refractivity contribution < 1.29 is 4.79 Å². The quantitative estimate of drug-likeness (QED) is 0.726. The Hall–Kier alpha value is -2.95. The molecule has 0 bridgehead atoms. The van der Waals surface area contributed by atoms with Gasteiger partial charge in [-0.15, -0.1) is 0 Å². The van der Waals surface area contributed by atoms with E-state index in [1.807, 2.05) is 47.4 Å². The molecule has 1 amide bonds. The van der Waals surface area contributed by atoms with E-state index in [4.69, 9.17) is 0 Å². The molecule has 1 aromatic heterocycles. The largest absolute Gasteiger partial charge is 0.331 e. The van der Waals surface area contributed by atoms with Crippen molar-refractivity contribution in [1.82, 2.24) is 19.7 Å². The van der Waals surface area contributed by atoms with Gasteiger partial charge in [-0.3, -0.25) is 4.79 Å². The number of carbonyl (C=O) groups is 1. The Morgan fingerprint density at radius 2 is 1.83 bits per heavy atom. The molecule has 24 heavy (non-hydrogen) atoms. The highest BCUT2D eigenvalue weighted by molar-refractivity contribution is 5.94. The lowest BCUT2D eigenvalue weighted by Gasteiger charge is -2.23. The number of hydrogen-bond donors (Lipinski definition) is 0. The van der Waals surface area contributed by atoms with Gasteiger partial charge in [0, 0.05) is 18.2 Å². The minimum absolute atomic E-state index is 0.0893. The predicted molar refractivity (Wildman–Crippen MR) is 90.7 cm³/mol. The van der Waals surface area contributed by atoms with Crippen LogP contribution in [0.25, 0.3) is 5.69 Å². The molecule has 5 heteroatoms. The van der Waals surface area contributed by atoms with Gasteiger partial charge >= 0.3 is 0 Å². The molecule has 0 spiro atoms. The molecule has 0 atom stereocenters. The van der Waals surface area contributed by atoms with Gasteiger partial charge in [-0.1, -0.05) is 30.3 Å². The lowest BCUT2D eigenvalue weighted by molar-refractivity contribution is 0.0730. The maximum absolute atomic E-state index is 12.9. The van der Waals surface area contributed by atoms with Crippen molar-refractivity contribution >= 4 is 5.91 Å². The molecule has 0 radical (unpaired) electrons. The molecule has 1 aliphatic rings. The molecule has 120 valence electrons. The predicted octanol–water partition coefficient (Wildman–Crippen LogP) is 3.07. The number of aromatic nitrogens is 3. The fourth-order valence-electron chi connectivity index (χ4n) is 2.80. The van der Waals surface area contributed by atoms with Crippen LogP contribution in [-0.2, 0) is 6.54 Å². The number of benzene rings is 2. The molecule has 4 rings (SSSR count). The third-order valence-corrected chi connectivity index (χ3v) is 4.24. The summed E-state index contributed by atoms with van der Waals surface area (Å²) in [6.07, 6.45) is 5.32. The lowest BCUT2D eigenvalue weighted by Crippen LogP contribution is -2.32. The summed E-state index contributed by atoms with van der Waals surface area (Å²) in [5, 5.41) is 4.10. The van der Waals surface area contributed by atoms with Crippen LogP contribution in [0.3, 0.4) is 0 Å². The molecule has 0 aliphatic heterocycles. The Balaban J connectivity index is 1.54. The second-order valence-corrected chi connectivity index (χ2v) is 6.04. The summed E-state index contributed by atoms with van der Waals surface area (Å²) in [5.41, 5.74) is 2.77. The fraction of sp³-hybridized carbons (Fsp3) is 0.211. The molecule has 1 fully saturated rings. The van der Waals surface area contributed by atoms with Crippen LogP contribution < -0.4 is 0 Å². The van der Waals surface area contributed by atoms with Crippen LogP contribution in [0.2, 0.25) is 0 Å². The molecule has 0 saturated heterocycles. The third kappa shape index (κ3) is 3.06. The summed E-state index contributed by atoms with van der Waals surface area (Å²) in [6, 6.07) is 18.0. The molecule has 1 heterocycles. The standard InChI is InChI=1S/C19H18N4O/c24-19(16-6-8-18(9-7-16)23-14-20-13-21-23)22(17-10-11-17)12-15-4-2-1-3-5-15/h1-9,13-14,17H,10-12H2. The van der Waals surface area contributed by atoms with E-state index in [-0.39, 0.29) is 5.91 Å². The summed E-state index contributed by atoms with van der Waals surface area (Å²) in [4.78, 5) is 18.8. The molecule has 0 N–H and O–H groups in total. The highest BCUT2D eigenvalue weighted by atomic mass is 16.2.